The Morgan fingerprint density at radius 3 is 2.66 bits per heavy atom. The maximum atomic E-state index is 11.7. The molecule has 0 bridgehead atoms. The molecule has 0 atom stereocenters. The minimum absolute atomic E-state index is 0.0954. The summed E-state index contributed by atoms with van der Waals surface area (Å²) < 4.78 is 7.27. The van der Waals surface area contributed by atoms with Crippen molar-refractivity contribution in [3.63, 3.8) is 0 Å². The monoisotopic (exact) mass is 388 g/mol. The van der Waals surface area contributed by atoms with Crippen LogP contribution in [0.3, 0.4) is 0 Å². The van der Waals surface area contributed by atoms with E-state index >= 15 is 0 Å². The van der Waals surface area contributed by atoms with Gasteiger partial charge in [-0.1, -0.05) is 55.7 Å². The third kappa shape index (κ3) is 4.91. The number of allylic oxidation sites excluding steroid dienone is 2. The third-order valence-corrected chi connectivity index (χ3v) is 4.64. The Kier molecular flexibility index (Phi) is 7.72. The zero-order chi connectivity index (χ0) is 21.4. The molecule has 150 valence electrons. The predicted molar refractivity (Wildman–Crippen MR) is 123 cm³/mol. The number of benzene rings is 1. The van der Waals surface area contributed by atoms with Crippen LogP contribution in [0.4, 0.5) is 0 Å². The molecule has 4 nitrogen and oxygen atoms in total. The van der Waals surface area contributed by atoms with Crippen molar-refractivity contribution in [3.05, 3.63) is 81.5 Å². The van der Waals surface area contributed by atoms with Gasteiger partial charge in [0.1, 0.15) is 0 Å². The molecular formula is C25H28N2O2. The molecular weight excluding hydrogens is 360 g/mol. The van der Waals surface area contributed by atoms with E-state index in [0.29, 0.717) is 24.4 Å². The molecule has 1 aromatic carbocycles. The van der Waals surface area contributed by atoms with E-state index in [9.17, 15) is 4.79 Å². The molecule has 1 aromatic heterocycles. The highest BCUT2D eigenvalue weighted by Crippen LogP contribution is 2.19. The van der Waals surface area contributed by atoms with E-state index < -0.39 is 0 Å². The van der Waals surface area contributed by atoms with Gasteiger partial charge in [-0.3, -0.25) is 10.2 Å². The zero-order valence-electron chi connectivity index (χ0n) is 17.4. The summed E-state index contributed by atoms with van der Waals surface area (Å²) in [6, 6.07) is 7.81. The molecule has 0 aliphatic heterocycles. The largest absolute Gasteiger partial charge is 0.478 e. The lowest BCUT2D eigenvalue weighted by Gasteiger charge is -2.13. The van der Waals surface area contributed by atoms with Gasteiger partial charge in [-0.2, -0.15) is 0 Å². The summed E-state index contributed by atoms with van der Waals surface area (Å²) in [6.07, 6.45) is 10.4. The maximum Gasteiger partial charge on any atom is 0.212 e. The first kappa shape index (κ1) is 21.9. The van der Waals surface area contributed by atoms with Crippen LogP contribution in [0.25, 0.3) is 24.8 Å². The van der Waals surface area contributed by atoms with Crippen LogP contribution in [0.15, 0.2) is 48.6 Å². The van der Waals surface area contributed by atoms with Gasteiger partial charge in [-0.25, -0.2) is 0 Å². The van der Waals surface area contributed by atoms with Gasteiger partial charge in [0.25, 0.3) is 0 Å². The first-order valence-electron chi connectivity index (χ1n) is 9.61. The van der Waals surface area contributed by atoms with Crippen molar-refractivity contribution in [2.45, 2.75) is 27.3 Å². The summed E-state index contributed by atoms with van der Waals surface area (Å²) in [6.45, 7) is 14.6. The minimum atomic E-state index is 0.0954. The fourth-order valence-electron chi connectivity index (χ4n) is 3.23. The summed E-state index contributed by atoms with van der Waals surface area (Å²) in [5.74, 6) is 0.0954. The lowest BCUT2D eigenvalue weighted by atomic mass is 10.00. The molecule has 0 unspecified atom stereocenters. The standard InChI is InChI=1S/C25H28N2O2/c1-6-11-23-19(7-2)12-10-13-21(23)16-27-22(17-28)14-18(5)24(27)15-20(8-3)25(26)29-9-4/h6-8,10-15,17,26H,2,5,9,16H2,1,3-4H3/b11-6-,20-8+,24-15+,26-25?. The van der Waals surface area contributed by atoms with Crippen LogP contribution in [0, 0.1) is 5.41 Å². The molecule has 1 N–H and O–H groups in total. The number of hydrogen-bond acceptors (Lipinski definition) is 3. The number of aldehydes is 1. The van der Waals surface area contributed by atoms with Crippen molar-refractivity contribution in [1.29, 1.82) is 5.41 Å². The highest BCUT2D eigenvalue weighted by Gasteiger charge is 2.11. The van der Waals surface area contributed by atoms with Gasteiger partial charge in [-0.15, -0.1) is 0 Å². The van der Waals surface area contributed by atoms with Crippen LogP contribution in [-0.4, -0.2) is 23.4 Å². The molecule has 29 heavy (non-hydrogen) atoms. The number of hydrogen-bond donors (Lipinski definition) is 1. The number of ether oxygens (including phenoxy) is 1. The maximum absolute atomic E-state index is 11.7. The minimum Gasteiger partial charge on any atom is -0.478 e. The van der Waals surface area contributed by atoms with Crippen molar-refractivity contribution in [1.82, 2.24) is 4.57 Å². The molecule has 2 aromatic rings. The molecule has 0 fully saturated rings. The number of carbonyl (C=O) groups is 1. The van der Waals surface area contributed by atoms with Gasteiger partial charge in [0.05, 0.1) is 12.3 Å². The summed E-state index contributed by atoms with van der Waals surface area (Å²) in [4.78, 5) is 11.7. The van der Waals surface area contributed by atoms with Crippen molar-refractivity contribution in [3.8, 4) is 0 Å². The molecule has 0 aliphatic carbocycles. The Balaban J connectivity index is 2.68. The SMILES string of the molecule is C=Cc1cccc(Cn2c(C=O)cc(=C)/c2=C\C(=C/C)C(=N)OCC)c1/C=C\C. The second-order valence-electron chi connectivity index (χ2n) is 6.46. The highest BCUT2D eigenvalue weighted by molar-refractivity contribution is 5.99. The quantitative estimate of drug-likeness (QED) is 0.419. The molecule has 0 spiro atoms. The Bertz CT molecular complexity index is 1080. The molecule has 0 amide bonds. The van der Waals surface area contributed by atoms with E-state index in [-0.39, 0.29) is 5.90 Å². The van der Waals surface area contributed by atoms with Gasteiger partial charge in [-0.05, 0) is 54.8 Å². The van der Waals surface area contributed by atoms with Crippen molar-refractivity contribution >= 4 is 37.0 Å². The van der Waals surface area contributed by atoms with Crippen LogP contribution in [0.5, 0.6) is 0 Å². The molecule has 0 saturated carbocycles. The van der Waals surface area contributed by atoms with Crippen molar-refractivity contribution < 1.29 is 9.53 Å². The highest BCUT2D eigenvalue weighted by atomic mass is 16.5. The second-order valence-corrected chi connectivity index (χ2v) is 6.46. The fourth-order valence-corrected chi connectivity index (χ4v) is 3.23. The van der Waals surface area contributed by atoms with E-state index in [1.54, 1.807) is 6.07 Å². The number of nitrogens with zero attached hydrogens (tertiary/aromatic N) is 1. The number of nitrogens with one attached hydrogen (secondary N) is 1. The van der Waals surface area contributed by atoms with Gasteiger partial charge in [0, 0.05) is 17.5 Å². The number of aromatic nitrogens is 1. The van der Waals surface area contributed by atoms with Gasteiger partial charge in [0.2, 0.25) is 5.90 Å². The second kappa shape index (κ2) is 10.2. The zero-order valence-corrected chi connectivity index (χ0v) is 17.4. The van der Waals surface area contributed by atoms with E-state index in [1.807, 2.05) is 73.9 Å². The van der Waals surface area contributed by atoms with Crippen LogP contribution in [0.1, 0.15) is 48.0 Å². The predicted octanol–water partition coefficient (Wildman–Crippen LogP) is 4.18. The van der Waals surface area contributed by atoms with Crippen molar-refractivity contribution in [2.75, 3.05) is 6.61 Å². The lowest BCUT2D eigenvalue weighted by Crippen LogP contribution is -2.30. The van der Waals surface area contributed by atoms with Crippen LogP contribution >= 0.6 is 0 Å². The fraction of sp³-hybridized carbons (Fsp3) is 0.200. The molecule has 0 aliphatic rings. The molecule has 1 heterocycles. The Morgan fingerprint density at radius 1 is 1.31 bits per heavy atom. The Labute approximate surface area is 172 Å². The van der Waals surface area contributed by atoms with Gasteiger partial charge in [0.15, 0.2) is 6.29 Å². The van der Waals surface area contributed by atoms with Crippen LogP contribution in [-0.2, 0) is 11.3 Å². The molecule has 4 heteroatoms. The Morgan fingerprint density at radius 2 is 2.07 bits per heavy atom. The first-order valence-corrected chi connectivity index (χ1v) is 9.61. The lowest BCUT2D eigenvalue weighted by molar-refractivity contribution is 0.111. The average Bonchev–Trinajstić information content (AvgIpc) is 3.01. The van der Waals surface area contributed by atoms with E-state index in [1.165, 1.54) is 0 Å². The summed E-state index contributed by atoms with van der Waals surface area (Å²) in [7, 11) is 0. The smallest absolute Gasteiger partial charge is 0.212 e. The summed E-state index contributed by atoms with van der Waals surface area (Å²) in [5, 5.41) is 9.61. The number of rotatable bonds is 8. The topological polar surface area (TPSA) is 55.1 Å². The van der Waals surface area contributed by atoms with Gasteiger partial charge < -0.3 is 9.30 Å². The summed E-state index contributed by atoms with van der Waals surface area (Å²) in [5.41, 5.74) is 4.35. The third-order valence-electron chi connectivity index (χ3n) is 4.64. The van der Waals surface area contributed by atoms with E-state index in [4.69, 9.17) is 10.1 Å². The molecule has 2 rings (SSSR count). The average molecular weight is 389 g/mol. The number of carbonyl (C=O) groups excluding carboxylic acids is 1. The van der Waals surface area contributed by atoms with Gasteiger partial charge >= 0.3 is 0 Å². The van der Waals surface area contributed by atoms with E-state index in [0.717, 1.165) is 33.5 Å². The summed E-state index contributed by atoms with van der Waals surface area (Å²) >= 11 is 0. The van der Waals surface area contributed by atoms with E-state index in [2.05, 4.69) is 13.2 Å². The van der Waals surface area contributed by atoms with Crippen molar-refractivity contribution in [2.24, 2.45) is 0 Å². The van der Waals surface area contributed by atoms with Crippen LogP contribution in [0.2, 0.25) is 0 Å². The Hall–Kier alpha value is -3.40. The first-order chi connectivity index (χ1) is 14.0. The molecule has 0 saturated heterocycles. The van der Waals surface area contributed by atoms with Crippen LogP contribution < -0.4 is 10.6 Å². The molecule has 0 radical (unpaired) electrons. The normalized spacial score (nSPS) is 12.4.